The van der Waals surface area contributed by atoms with Crippen molar-refractivity contribution in [3.63, 3.8) is 0 Å². The molecule has 0 spiro atoms. The summed E-state index contributed by atoms with van der Waals surface area (Å²) in [5, 5.41) is 11.8. The van der Waals surface area contributed by atoms with Crippen LogP contribution in [0.3, 0.4) is 0 Å². The van der Waals surface area contributed by atoms with Crippen LogP contribution in [0.1, 0.15) is 10.4 Å². The standard InChI is InChI=1S/C12H13NO2S/c1-2-8-16-9-7-13-12(15)10-3-5-11(14)6-4-10/h1,3-6,14H,7-9H2,(H,13,15). The first-order valence-corrected chi connectivity index (χ1v) is 5.98. The summed E-state index contributed by atoms with van der Waals surface area (Å²) in [5.74, 6) is 3.99. The summed E-state index contributed by atoms with van der Waals surface area (Å²) in [6.45, 7) is 0.589. The van der Waals surface area contributed by atoms with E-state index in [1.807, 2.05) is 0 Å². The first-order chi connectivity index (χ1) is 7.74. The molecule has 4 heteroatoms. The molecule has 0 bridgehead atoms. The maximum absolute atomic E-state index is 11.5. The summed E-state index contributed by atoms with van der Waals surface area (Å²) in [6.07, 6.45) is 5.09. The largest absolute Gasteiger partial charge is 0.508 e. The van der Waals surface area contributed by atoms with E-state index in [2.05, 4.69) is 11.2 Å². The fourth-order valence-electron chi connectivity index (χ4n) is 1.08. The zero-order chi connectivity index (χ0) is 11.8. The Morgan fingerprint density at radius 1 is 1.44 bits per heavy atom. The SMILES string of the molecule is C#CCSCCNC(=O)c1ccc(O)cc1. The van der Waals surface area contributed by atoms with E-state index in [-0.39, 0.29) is 11.7 Å². The normalized spacial score (nSPS) is 9.44. The van der Waals surface area contributed by atoms with Gasteiger partial charge in [-0.2, -0.15) is 0 Å². The third-order valence-electron chi connectivity index (χ3n) is 1.85. The summed E-state index contributed by atoms with van der Waals surface area (Å²) >= 11 is 1.60. The van der Waals surface area contributed by atoms with E-state index in [1.54, 1.807) is 23.9 Å². The first-order valence-electron chi connectivity index (χ1n) is 4.82. The summed E-state index contributed by atoms with van der Waals surface area (Å²) in [5.41, 5.74) is 0.541. The Hall–Kier alpha value is -1.60. The van der Waals surface area contributed by atoms with Crippen molar-refractivity contribution >= 4 is 17.7 Å². The minimum atomic E-state index is -0.138. The van der Waals surface area contributed by atoms with Gasteiger partial charge in [-0.05, 0) is 24.3 Å². The highest BCUT2D eigenvalue weighted by molar-refractivity contribution is 7.99. The lowest BCUT2D eigenvalue weighted by Crippen LogP contribution is -2.25. The lowest BCUT2D eigenvalue weighted by molar-refractivity contribution is 0.0956. The van der Waals surface area contributed by atoms with E-state index in [9.17, 15) is 4.79 Å². The van der Waals surface area contributed by atoms with Gasteiger partial charge in [-0.15, -0.1) is 18.2 Å². The molecule has 0 aromatic heterocycles. The van der Waals surface area contributed by atoms with Crippen molar-refractivity contribution in [3.05, 3.63) is 29.8 Å². The third kappa shape index (κ3) is 4.28. The topological polar surface area (TPSA) is 49.3 Å². The molecule has 1 aromatic carbocycles. The highest BCUT2D eigenvalue weighted by Crippen LogP contribution is 2.09. The van der Waals surface area contributed by atoms with Gasteiger partial charge in [0.2, 0.25) is 0 Å². The van der Waals surface area contributed by atoms with E-state index in [0.29, 0.717) is 17.9 Å². The molecule has 0 atom stereocenters. The number of rotatable bonds is 5. The number of terminal acetylenes is 1. The Morgan fingerprint density at radius 2 is 2.12 bits per heavy atom. The van der Waals surface area contributed by atoms with Gasteiger partial charge in [0.1, 0.15) is 5.75 Å². The maximum atomic E-state index is 11.5. The minimum absolute atomic E-state index is 0.138. The van der Waals surface area contributed by atoms with E-state index < -0.39 is 0 Å². The average molecular weight is 235 g/mol. The molecule has 0 radical (unpaired) electrons. The fraction of sp³-hybridized carbons (Fsp3) is 0.250. The van der Waals surface area contributed by atoms with Crippen LogP contribution in [0.2, 0.25) is 0 Å². The second-order valence-electron chi connectivity index (χ2n) is 3.06. The van der Waals surface area contributed by atoms with Crippen LogP contribution in [0.15, 0.2) is 24.3 Å². The van der Waals surface area contributed by atoms with E-state index in [0.717, 1.165) is 5.75 Å². The highest BCUT2D eigenvalue weighted by atomic mass is 32.2. The van der Waals surface area contributed by atoms with Crippen molar-refractivity contribution in [3.8, 4) is 18.1 Å². The molecule has 16 heavy (non-hydrogen) atoms. The van der Waals surface area contributed by atoms with Gasteiger partial charge >= 0.3 is 0 Å². The number of carbonyl (C=O) groups excluding carboxylic acids is 1. The molecule has 2 N–H and O–H groups in total. The van der Waals surface area contributed by atoms with Gasteiger partial charge in [-0.25, -0.2) is 0 Å². The van der Waals surface area contributed by atoms with Crippen LogP contribution in [0.4, 0.5) is 0 Å². The molecule has 0 aliphatic rings. The van der Waals surface area contributed by atoms with Crippen molar-refractivity contribution < 1.29 is 9.90 Å². The number of amides is 1. The average Bonchev–Trinajstić information content (AvgIpc) is 2.29. The van der Waals surface area contributed by atoms with Crippen molar-refractivity contribution in [1.82, 2.24) is 5.32 Å². The molecular weight excluding hydrogens is 222 g/mol. The quantitative estimate of drug-likeness (QED) is 0.600. The molecule has 0 saturated carbocycles. The van der Waals surface area contributed by atoms with Gasteiger partial charge in [0.25, 0.3) is 5.91 Å². The lowest BCUT2D eigenvalue weighted by atomic mass is 10.2. The van der Waals surface area contributed by atoms with Crippen LogP contribution < -0.4 is 5.32 Å². The molecule has 0 heterocycles. The molecule has 84 valence electrons. The van der Waals surface area contributed by atoms with Gasteiger partial charge in [-0.1, -0.05) is 5.92 Å². The molecule has 0 fully saturated rings. The molecule has 1 rings (SSSR count). The predicted molar refractivity (Wildman–Crippen MR) is 66.6 cm³/mol. The molecule has 0 aliphatic heterocycles. The van der Waals surface area contributed by atoms with E-state index >= 15 is 0 Å². The number of benzene rings is 1. The monoisotopic (exact) mass is 235 g/mol. The van der Waals surface area contributed by atoms with Crippen LogP contribution in [0.25, 0.3) is 0 Å². The summed E-state index contributed by atoms with van der Waals surface area (Å²) in [4.78, 5) is 11.5. The lowest BCUT2D eigenvalue weighted by Gasteiger charge is -2.04. The summed E-state index contributed by atoms with van der Waals surface area (Å²) in [7, 11) is 0. The Balaban J connectivity index is 2.30. The van der Waals surface area contributed by atoms with Crippen molar-refractivity contribution in [1.29, 1.82) is 0 Å². The Kier molecular flexibility index (Phi) is 5.30. The predicted octanol–water partition coefficient (Wildman–Crippen LogP) is 1.49. The summed E-state index contributed by atoms with van der Waals surface area (Å²) in [6, 6.07) is 6.14. The zero-order valence-corrected chi connectivity index (χ0v) is 9.59. The molecule has 3 nitrogen and oxygen atoms in total. The van der Waals surface area contributed by atoms with Crippen molar-refractivity contribution in [2.75, 3.05) is 18.1 Å². The van der Waals surface area contributed by atoms with Crippen molar-refractivity contribution in [2.45, 2.75) is 0 Å². The van der Waals surface area contributed by atoms with Crippen LogP contribution in [-0.4, -0.2) is 29.1 Å². The third-order valence-corrected chi connectivity index (χ3v) is 2.71. The van der Waals surface area contributed by atoms with Gasteiger partial charge in [-0.3, -0.25) is 4.79 Å². The van der Waals surface area contributed by atoms with Gasteiger partial charge < -0.3 is 10.4 Å². The molecule has 1 aromatic rings. The van der Waals surface area contributed by atoms with E-state index in [1.165, 1.54) is 12.1 Å². The Bertz CT molecular complexity index is 381. The number of hydrogen-bond acceptors (Lipinski definition) is 3. The highest BCUT2D eigenvalue weighted by Gasteiger charge is 2.03. The maximum Gasteiger partial charge on any atom is 0.251 e. The minimum Gasteiger partial charge on any atom is -0.508 e. The zero-order valence-electron chi connectivity index (χ0n) is 8.77. The van der Waals surface area contributed by atoms with Gasteiger partial charge in [0.05, 0.1) is 5.75 Å². The van der Waals surface area contributed by atoms with Crippen LogP contribution in [-0.2, 0) is 0 Å². The fourth-order valence-corrected chi connectivity index (χ4v) is 1.59. The number of aromatic hydroxyl groups is 1. The van der Waals surface area contributed by atoms with Gasteiger partial charge in [0, 0.05) is 17.9 Å². The molecule has 0 aliphatic carbocycles. The number of nitrogens with one attached hydrogen (secondary N) is 1. The number of phenolic OH excluding ortho intramolecular Hbond substituents is 1. The first kappa shape index (κ1) is 12.5. The Labute approximate surface area is 99.2 Å². The van der Waals surface area contributed by atoms with Crippen LogP contribution in [0.5, 0.6) is 5.75 Å². The molecule has 0 unspecified atom stereocenters. The second-order valence-corrected chi connectivity index (χ2v) is 4.16. The van der Waals surface area contributed by atoms with E-state index in [4.69, 9.17) is 11.5 Å². The number of hydrogen-bond donors (Lipinski definition) is 2. The number of carbonyl (C=O) groups is 1. The molecule has 1 amide bonds. The smallest absolute Gasteiger partial charge is 0.251 e. The summed E-state index contributed by atoms with van der Waals surface area (Å²) < 4.78 is 0. The molecule has 0 saturated heterocycles. The molecular formula is C12H13NO2S. The van der Waals surface area contributed by atoms with Crippen molar-refractivity contribution in [2.24, 2.45) is 0 Å². The van der Waals surface area contributed by atoms with Crippen LogP contribution in [0, 0.1) is 12.3 Å². The van der Waals surface area contributed by atoms with Gasteiger partial charge in [0.15, 0.2) is 0 Å². The van der Waals surface area contributed by atoms with Crippen LogP contribution >= 0.6 is 11.8 Å². The second kappa shape index (κ2) is 6.81. The number of thioether (sulfide) groups is 1. The Morgan fingerprint density at radius 3 is 2.75 bits per heavy atom. The number of phenols is 1.